The number of methoxy groups -OCH3 is 1. The fourth-order valence-corrected chi connectivity index (χ4v) is 2.41. The van der Waals surface area contributed by atoms with Crippen LogP contribution in [0.3, 0.4) is 0 Å². The number of hydrogen-bond donors (Lipinski definition) is 1. The van der Waals surface area contributed by atoms with Crippen molar-refractivity contribution in [3.05, 3.63) is 36.9 Å². The maximum atomic E-state index is 11.8. The van der Waals surface area contributed by atoms with Crippen molar-refractivity contribution in [1.29, 1.82) is 0 Å². The Morgan fingerprint density at radius 3 is 2.48 bits per heavy atom. The van der Waals surface area contributed by atoms with Crippen LogP contribution in [0.15, 0.2) is 36.9 Å². The van der Waals surface area contributed by atoms with Crippen LogP contribution in [0.2, 0.25) is 0 Å². The molecular weight excluding hydrogens is 294 g/mol. The topological polar surface area (TPSA) is 54.0 Å². The van der Waals surface area contributed by atoms with Crippen LogP contribution in [-0.4, -0.2) is 68.8 Å². The fourth-order valence-electron chi connectivity index (χ4n) is 2.41. The van der Waals surface area contributed by atoms with Gasteiger partial charge in [-0.15, -0.1) is 6.58 Å². The summed E-state index contributed by atoms with van der Waals surface area (Å²) >= 11 is 0. The quantitative estimate of drug-likeness (QED) is 0.776. The highest BCUT2D eigenvalue weighted by atomic mass is 16.5. The van der Waals surface area contributed by atoms with Gasteiger partial charge in [0, 0.05) is 39.3 Å². The van der Waals surface area contributed by atoms with Gasteiger partial charge >= 0.3 is 6.03 Å². The average molecular weight is 319 g/mol. The summed E-state index contributed by atoms with van der Waals surface area (Å²) in [7, 11) is 1.65. The second-order valence-electron chi connectivity index (χ2n) is 5.33. The maximum absolute atomic E-state index is 11.8. The minimum absolute atomic E-state index is 0.0148. The van der Waals surface area contributed by atoms with E-state index >= 15 is 0 Å². The lowest BCUT2D eigenvalue weighted by molar-refractivity contribution is 0.126. The van der Waals surface area contributed by atoms with E-state index in [4.69, 9.17) is 9.47 Å². The zero-order valence-corrected chi connectivity index (χ0v) is 13.7. The van der Waals surface area contributed by atoms with Crippen LogP contribution in [0.25, 0.3) is 0 Å². The molecule has 2 amide bonds. The van der Waals surface area contributed by atoms with Crippen molar-refractivity contribution < 1.29 is 14.3 Å². The Labute approximate surface area is 137 Å². The largest absolute Gasteiger partial charge is 0.497 e. The average Bonchev–Trinajstić information content (AvgIpc) is 2.61. The number of hydrogen-bond acceptors (Lipinski definition) is 4. The third kappa shape index (κ3) is 5.49. The SMILES string of the molecule is C=CCNC(=O)N1CCN(CCOc2ccc(OC)cc2)CC1. The third-order valence-corrected chi connectivity index (χ3v) is 3.79. The lowest BCUT2D eigenvalue weighted by Crippen LogP contribution is -2.52. The zero-order chi connectivity index (χ0) is 16.5. The minimum atomic E-state index is -0.0148. The van der Waals surface area contributed by atoms with Crippen LogP contribution in [0.4, 0.5) is 4.79 Å². The first-order chi connectivity index (χ1) is 11.2. The molecule has 1 aromatic carbocycles. The highest BCUT2D eigenvalue weighted by Gasteiger charge is 2.20. The number of rotatable bonds is 7. The molecule has 6 heteroatoms. The van der Waals surface area contributed by atoms with Gasteiger partial charge in [0.25, 0.3) is 0 Å². The van der Waals surface area contributed by atoms with Gasteiger partial charge in [0.2, 0.25) is 0 Å². The van der Waals surface area contributed by atoms with Gasteiger partial charge in [-0.25, -0.2) is 4.79 Å². The highest BCUT2D eigenvalue weighted by molar-refractivity contribution is 5.74. The molecule has 1 saturated heterocycles. The second-order valence-corrected chi connectivity index (χ2v) is 5.33. The summed E-state index contributed by atoms with van der Waals surface area (Å²) in [5.41, 5.74) is 0. The van der Waals surface area contributed by atoms with Crippen molar-refractivity contribution in [3.63, 3.8) is 0 Å². The smallest absolute Gasteiger partial charge is 0.317 e. The molecule has 6 nitrogen and oxygen atoms in total. The Hall–Kier alpha value is -2.21. The van der Waals surface area contributed by atoms with Crippen LogP contribution in [0, 0.1) is 0 Å². The van der Waals surface area contributed by atoms with E-state index < -0.39 is 0 Å². The first-order valence-corrected chi connectivity index (χ1v) is 7.86. The van der Waals surface area contributed by atoms with E-state index in [2.05, 4.69) is 16.8 Å². The zero-order valence-electron chi connectivity index (χ0n) is 13.7. The second kappa shape index (κ2) is 9.05. The molecule has 126 valence electrons. The Kier molecular flexibility index (Phi) is 6.75. The fraction of sp³-hybridized carbons (Fsp3) is 0.471. The summed E-state index contributed by atoms with van der Waals surface area (Å²) in [5.74, 6) is 1.66. The van der Waals surface area contributed by atoms with E-state index in [1.807, 2.05) is 29.2 Å². The van der Waals surface area contributed by atoms with Crippen LogP contribution < -0.4 is 14.8 Å². The van der Waals surface area contributed by atoms with Gasteiger partial charge in [-0.2, -0.15) is 0 Å². The summed E-state index contributed by atoms with van der Waals surface area (Å²) in [6.07, 6.45) is 1.69. The number of ether oxygens (including phenoxy) is 2. The highest BCUT2D eigenvalue weighted by Crippen LogP contribution is 2.16. The summed E-state index contributed by atoms with van der Waals surface area (Å²) in [6, 6.07) is 7.56. The lowest BCUT2D eigenvalue weighted by Gasteiger charge is -2.34. The molecule has 0 bridgehead atoms. The van der Waals surface area contributed by atoms with Gasteiger partial charge in [0.05, 0.1) is 7.11 Å². The monoisotopic (exact) mass is 319 g/mol. The van der Waals surface area contributed by atoms with Gasteiger partial charge in [0.1, 0.15) is 18.1 Å². The van der Waals surface area contributed by atoms with Crippen molar-refractivity contribution in [3.8, 4) is 11.5 Å². The number of benzene rings is 1. The number of nitrogens with one attached hydrogen (secondary N) is 1. The molecule has 0 spiro atoms. The van der Waals surface area contributed by atoms with Crippen LogP contribution in [-0.2, 0) is 0 Å². The van der Waals surface area contributed by atoms with Crippen molar-refractivity contribution in [1.82, 2.24) is 15.1 Å². The predicted molar refractivity (Wildman–Crippen MR) is 90.1 cm³/mol. The van der Waals surface area contributed by atoms with Crippen molar-refractivity contribution in [2.24, 2.45) is 0 Å². The van der Waals surface area contributed by atoms with Gasteiger partial charge in [-0.3, -0.25) is 4.90 Å². The molecule has 1 aliphatic heterocycles. The molecule has 1 heterocycles. The number of urea groups is 1. The first-order valence-electron chi connectivity index (χ1n) is 7.86. The van der Waals surface area contributed by atoms with Crippen molar-refractivity contribution >= 4 is 6.03 Å². The molecule has 1 fully saturated rings. The van der Waals surface area contributed by atoms with Gasteiger partial charge in [-0.05, 0) is 24.3 Å². The molecule has 0 saturated carbocycles. The molecule has 1 N–H and O–H groups in total. The summed E-state index contributed by atoms with van der Waals surface area (Å²) in [5, 5.41) is 2.81. The van der Waals surface area contributed by atoms with E-state index in [0.29, 0.717) is 13.2 Å². The van der Waals surface area contributed by atoms with E-state index in [-0.39, 0.29) is 6.03 Å². The van der Waals surface area contributed by atoms with Crippen LogP contribution in [0.5, 0.6) is 11.5 Å². The molecule has 1 aromatic rings. The molecule has 0 atom stereocenters. The number of carbonyl (C=O) groups is 1. The van der Waals surface area contributed by atoms with Crippen molar-refractivity contribution in [2.75, 3.05) is 53.0 Å². The van der Waals surface area contributed by atoms with Crippen LogP contribution in [0.1, 0.15) is 0 Å². The Bertz CT molecular complexity index is 496. The van der Waals surface area contributed by atoms with Crippen molar-refractivity contribution in [2.45, 2.75) is 0 Å². The molecule has 2 rings (SSSR count). The number of piperazine rings is 1. The number of amides is 2. The van der Waals surface area contributed by atoms with Gasteiger partial charge in [-0.1, -0.05) is 6.08 Å². The van der Waals surface area contributed by atoms with Gasteiger partial charge in [0.15, 0.2) is 0 Å². The van der Waals surface area contributed by atoms with E-state index in [1.54, 1.807) is 13.2 Å². The molecule has 0 radical (unpaired) electrons. The number of nitrogens with zero attached hydrogens (tertiary/aromatic N) is 2. The van der Waals surface area contributed by atoms with E-state index in [0.717, 1.165) is 44.2 Å². The minimum Gasteiger partial charge on any atom is -0.497 e. The third-order valence-electron chi connectivity index (χ3n) is 3.79. The van der Waals surface area contributed by atoms with Crippen LogP contribution >= 0.6 is 0 Å². The summed E-state index contributed by atoms with van der Waals surface area (Å²) in [6.45, 7) is 8.81. The molecule has 0 aliphatic carbocycles. The van der Waals surface area contributed by atoms with E-state index in [1.165, 1.54) is 0 Å². The summed E-state index contributed by atoms with van der Waals surface area (Å²) < 4.78 is 10.9. The molecule has 23 heavy (non-hydrogen) atoms. The Morgan fingerprint density at radius 1 is 1.22 bits per heavy atom. The van der Waals surface area contributed by atoms with E-state index in [9.17, 15) is 4.79 Å². The Balaban J connectivity index is 1.64. The standard InChI is InChI=1S/C17H25N3O3/c1-3-8-18-17(21)20-11-9-19(10-12-20)13-14-23-16-6-4-15(22-2)5-7-16/h3-7H,1,8-14H2,2H3,(H,18,21). The molecular formula is C17H25N3O3. The first kappa shape index (κ1) is 17.1. The number of carbonyl (C=O) groups excluding carboxylic acids is 1. The molecule has 0 unspecified atom stereocenters. The molecule has 0 aromatic heterocycles. The lowest BCUT2D eigenvalue weighted by atomic mass is 10.3. The predicted octanol–water partition coefficient (Wildman–Crippen LogP) is 1.59. The normalized spacial score (nSPS) is 15.1. The maximum Gasteiger partial charge on any atom is 0.317 e. The van der Waals surface area contributed by atoms with Gasteiger partial charge < -0.3 is 19.7 Å². The summed E-state index contributed by atoms with van der Waals surface area (Å²) in [4.78, 5) is 16.0. The Morgan fingerprint density at radius 2 is 1.87 bits per heavy atom. The molecule has 1 aliphatic rings.